The molecular formula is C10H22N2O2S. The van der Waals surface area contributed by atoms with Crippen molar-refractivity contribution in [3.63, 3.8) is 0 Å². The summed E-state index contributed by atoms with van der Waals surface area (Å²) in [5.41, 5.74) is 0. The molecule has 15 heavy (non-hydrogen) atoms. The standard InChI is InChI=1S/C10H22N2O2S/c1-3-7-15(13,14)11-8-10-5-4-6-12(2)9-10/h10-11H,3-9H2,1-2H3. The zero-order chi connectivity index (χ0) is 11.3. The van der Waals surface area contributed by atoms with Crippen molar-refractivity contribution < 1.29 is 8.42 Å². The second-order valence-electron chi connectivity index (χ2n) is 4.44. The molecule has 0 aromatic rings. The van der Waals surface area contributed by atoms with Gasteiger partial charge < -0.3 is 4.90 Å². The van der Waals surface area contributed by atoms with Crippen LogP contribution in [0.5, 0.6) is 0 Å². The first-order valence-corrected chi connectivity index (χ1v) is 7.34. The Hall–Kier alpha value is -0.130. The third kappa shape index (κ3) is 4.95. The third-order valence-electron chi connectivity index (χ3n) is 2.79. The molecule has 4 nitrogen and oxygen atoms in total. The monoisotopic (exact) mass is 234 g/mol. The molecule has 1 rings (SSSR count). The first kappa shape index (κ1) is 12.9. The molecule has 1 saturated heterocycles. The van der Waals surface area contributed by atoms with Gasteiger partial charge in [-0.3, -0.25) is 0 Å². The van der Waals surface area contributed by atoms with Crippen molar-refractivity contribution in [2.75, 3.05) is 32.4 Å². The van der Waals surface area contributed by atoms with Crippen LogP contribution in [0.3, 0.4) is 0 Å². The van der Waals surface area contributed by atoms with Crippen LogP contribution in [0.15, 0.2) is 0 Å². The number of likely N-dealkylation sites (tertiary alicyclic amines) is 1. The van der Waals surface area contributed by atoms with Crippen molar-refractivity contribution in [3.8, 4) is 0 Å². The Morgan fingerprint density at radius 3 is 2.80 bits per heavy atom. The molecule has 90 valence electrons. The van der Waals surface area contributed by atoms with Crippen LogP contribution >= 0.6 is 0 Å². The van der Waals surface area contributed by atoms with Gasteiger partial charge in [0.1, 0.15) is 0 Å². The second-order valence-corrected chi connectivity index (χ2v) is 6.36. The fraction of sp³-hybridized carbons (Fsp3) is 1.00. The van der Waals surface area contributed by atoms with E-state index < -0.39 is 10.0 Å². The molecule has 0 aromatic carbocycles. The molecule has 1 fully saturated rings. The maximum atomic E-state index is 11.4. The van der Waals surface area contributed by atoms with Gasteiger partial charge >= 0.3 is 0 Å². The highest BCUT2D eigenvalue weighted by Crippen LogP contribution is 2.14. The zero-order valence-corrected chi connectivity index (χ0v) is 10.5. The minimum Gasteiger partial charge on any atom is -0.306 e. The van der Waals surface area contributed by atoms with Crippen molar-refractivity contribution in [2.24, 2.45) is 5.92 Å². The molecule has 5 heteroatoms. The van der Waals surface area contributed by atoms with Crippen molar-refractivity contribution in [3.05, 3.63) is 0 Å². The van der Waals surface area contributed by atoms with Gasteiger partial charge in [-0.25, -0.2) is 13.1 Å². The molecule has 1 heterocycles. The van der Waals surface area contributed by atoms with Crippen LogP contribution in [-0.4, -0.2) is 45.8 Å². The normalized spacial score (nSPS) is 24.3. The van der Waals surface area contributed by atoms with Crippen LogP contribution in [0.25, 0.3) is 0 Å². The van der Waals surface area contributed by atoms with Gasteiger partial charge in [0.15, 0.2) is 0 Å². The number of nitrogens with zero attached hydrogens (tertiary/aromatic N) is 1. The molecule has 0 aromatic heterocycles. The molecule has 0 amide bonds. The van der Waals surface area contributed by atoms with Gasteiger partial charge in [0, 0.05) is 13.1 Å². The quantitative estimate of drug-likeness (QED) is 0.760. The molecule has 1 aliphatic heterocycles. The fourth-order valence-electron chi connectivity index (χ4n) is 2.03. The van der Waals surface area contributed by atoms with Crippen molar-refractivity contribution in [1.29, 1.82) is 0 Å². The summed E-state index contributed by atoms with van der Waals surface area (Å²) >= 11 is 0. The smallest absolute Gasteiger partial charge is 0.211 e. The van der Waals surface area contributed by atoms with Crippen LogP contribution in [-0.2, 0) is 10.0 Å². The Morgan fingerprint density at radius 2 is 2.20 bits per heavy atom. The minimum atomic E-state index is -3.02. The molecule has 1 N–H and O–H groups in total. The number of nitrogens with one attached hydrogen (secondary N) is 1. The summed E-state index contributed by atoms with van der Waals surface area (Å²) in [6.45, 7) is 4.63. The molecule has 1 atom stereocenters. The molecule has 0 aliphatic carbocycles. The van der Waals surface area contributed by atoms with Gasteiger partial charge in [0.05, 0.1) is 5.75 Å². The topological polar surface area (TPSA) is 49.4 Å². The largest absolute Gasteiger partial charge is 0.306 e. The van der Waals surface area contributed by atoms with Crippen LogP contribution in [0.1, 0.15) is 26.2 Å². The number of sulfonamides is 1. The Kier molecular flexibility index (Phi) is 5.02. The molecule has 0 bridgehead atoms. The number of hydrogen-bond donors (Lipinski definition) is 1. The Balaban J connectivity index is 2.30. The average Bonchev–Trinajstić information content (AvgIpc) is 2.15. The molecule has 0 saturated carbocycles. The van der Waals surface area contributed by atoms with Crippen molar-refractivity contribution in [2.45, 2.75) is 26.2 Å². The molecule has 1 unspecified atom stereocenters. The molecule has 0 radical (unpaired) electrons. The lowest BCUT2D eigenvalue weighted by Crippen LogP contribution is -2.39. The van der Waals surface area contributed by atoms with E-state index in [4.69, 9.17) is 0 Å². The van der Waals surface area contributed by atoms with Gasteiger partial charge in [0.2, 0.25) is 10.0 Å². The van der Waals surface area contributed by atoms with E-state index in [0.29, 0.717) is 18.9 Å². The average molecular weight is 234 g/mol. The van der Waals surface area contributed by atoms with Gasteiger partial charge in [-0.15, -0.1) is 0 Å². The highest BCUT2D eigenvalue weighted by atomic mass is 32.2. The van der Waals surface area contributed by atoms with E-state index in [1.807, 2.05) is 6.92 Å². The van der Waals surface area contributed by atoms with Crippen molar-refractivity contribution in [1.82, 2.24) is 9.62 Å². The van der Waals surface area contributed by atoms with Crippen molar-refractivity contribution >= 4 is 10.0 Å². The van der Waals surface area contributed by atoms with Gasteiger partial charge in [0.25, 0.3) is 0 Å². The zero-order valence-electron chi connectivity index (χ0n) is 9.70. The van der Waals surface area contributed by atoms with Crippen LogP contribution in [0.2, 0.25) is 0 Å². The minimum absolute atomic E-state index is 0.246. The Morgan fingerprint density at radius 1 is 1.47 bits per heavy atom. The maximum absolute atomic E-state index is 11.4. The summed E-state index contributed by atoms with van der Waals surface area (Å²) in [7, 11) is -0.927. The van der Waals surface area contributed by atoms with Gasteiger partial charge in [-0.2, -0.15) is 0 Å². The number of rotatable bonds is 5. The summed E-state index contributed by atoms with van der Waals surface area (Å²) in [5.74, 6) is 0.727. The highest BCUT2D eigenvalue weighted by Gasteiger charge is 2.19. The highest BCUT2D eigenvalue weighted by molar-refractivity contribution is 7.89. The molecule has 0 spiro atoms. The summed E-state index contributed by atoms with van der Waals surface area (Å²) in [4.78, 5) is 2.27. The van der Waals surface area contributed by atoms with E-state index in [1.54, 1.807) is 0 Å². The van der Waals surface area contributed by atoms with Crippen LogP contribution in [0.4, 0.5) is 0 Å². The second kappa shape index (κ2) is 5.82. The summed E-state index contributed by atoms with van der Waals surface area (Å²) in [6, 6.07) is 0. The molecule has 1 aliphatic rings. The van der Waals surface area contributed by atoms with Crippen LogP contribution < -0.4 is 4.72 Å². The van der Waals surface area contributed by atoms with Gasteiger partial charge in [-0.1, -0.05) is 6.92 Å². The predicted molar refractivity (Wildman–Crippen MR) is 62.3 cm³/mol. The number of hydrogen-bond acceptors (Lipinski definition) is 3. The lowest BCUT2D eigenvalue weighted by atomic mass is 9.99. The summed E-state index contributed by atoms with van der Waals surface area (Å²) in [5, 5.41) is 0. The van der Waals surface area contributed by atoms with E-state index >= 15 is 0 Å². The molecular weight excluding hydrogens is 212 g/mol. The Bertz CT molecular complexity index is 277. The summed E-state index contributed by atoms with van der Waals surface area (Å²) < 4.78 is 25.6. The summed E-state index contributed by atoms with van der Waals surface area (Å²) in [6.07, 6.45) is 3.00. The van der Waals surface area contributed by atoms with E-state index in [0.717, 1.165) is 19.5 Å². The Labute approximate surface area is 93.1 Å². The predicted octanol–water partition coefficient (Wildman–Crippen LogP) is 0.658. The maximum Gasteiger partial charge on any atom is 0.211 e. The number of piperidine rings is 1. The van der Waals surface area contributed by atoms with E-state index in [9.17, 15) is 8.42 Å². The first-order valence-electron chi connectivity index (χ1n) is 5.69. The lowest BCUT2D eigenvalue weighted by molar-refractivity contribution is 0.211. The van der Waals surface area contributed by atoms with Crippen LogP contribution in [0, 0.1) is 5.92 Å². The first-order chi connectivity index (χ1) is 7.03. The van der Waals surface area contributed by atoms with Gasteiger partial charge in [-0.05, 0) is 38.8 Å². The fourth-order valence-corrected chi connectivity index (χ4v) is 3.20. The van der Waals surface area contributed by atoms with E-state index in [1.165, 1.54) is 6.42 Å². The van der Waals surface area contributed by atoms with E-state index in [-0.39, 0.29) is 5.75 Å². The van der Waals surface area contributed by atoms with E-state index in [2.05, 4.69) is 16.7 Å². The third-order valence-corrected chi connectivity index (χ3v) is 4.34. The SMILES string of the molecule is CCCS(=O)(=O)NCC1CCCN(C)C1. The lowest BCUT2D eigenvalue weighted by Gasteiger charge is -2.29.